The lowest BCUT2D eigenvalue weighted by Crippen LogP contribution is -2.34. The minimum atomic E-state index is -0.0332. The highest BCUT2D eigenvalue weighted by molar-refractivity contribution is 6.30. The van der Waals surface area contributed by atoms with Crippen molar-refractivity contribution in [1.82, 2.24) is 4.90 Å². The Bertz CT molecular complexity index is 943. The fraction of sp³-hybridized carbons (Fsp3) is 0.318. The Labute approximate surface area is 164 Å². The smallest absolute Gasteiger partial charge is 0.231 e. The van der Waals surface area contributed by atoms with E-state index >= 15 is 0 Å². The summed E-state index contributed by atoms with van der Waals surface area (Å²) in [5, 5.41) is 0.751. The lowest BCUT2D eigenvalue weighted by molar-refractivity contribution is 0.0954. The third-order valence-corrected chi connectivity index (χ3v) is 5.31. The van der Waals surface area contributed by atoms with E-state index in [0.717, 1.165) is 47.0 Å². The van der Waals surface area contributed by atoms with Gasteiger partial charge in [-0.25, -0.2) is 0 Å². The van der Waals surface area contributed by atoms with Gasteiger partial charge in [0, 0.05) is 29.2 Å². The zero-order chi connectivity index (χ0) is 19.1. The number of rotatable bonds is 3. The second-order valence-corrected chi connectivity index (χ2v) is 7.77. The molecule has 27 heavy (non-hydrogen) atoms. The minimum absolute atomic E-state index is 0.0332. The van der Waals surface area contributed by atoms with Gasteiger partial charge < -0.3 is 9.47 Å². The van der Waals surface area contributed by atoms with E-state index in [1.165, 1.54) is 5.56 Å². The molecule has 0 N–H and O–H groups in total. The van der Waals surface area contributed by atoms with Crippen LogP contribution in [0.15, 0.2) is 41.7 Å². The zero-order valence-corrected chi connectivity index (χ0v) is 16.5. The molecular formula is C22H22ClNO3. The van der Waals surface area contributed by atoms with Gasteiger partial charge in [-0.1, -0.05) is 23.7 Å². The van der Waals surface area contributed by atoms with Gasteiger partial charge in [0.1, 0.15) is 18.2 Å². The van der Waals surface area contributed by atoms with E-state index in [1.54, 1.807) is 0 Å². The zero-order valence-electron chi connectivity index (χ0n) is 15.8. The van der Waals surface area contributed by atoms with Crippen LogP contribution in [-0.4, -0.2) is 24.0 Å². The number of carbonyl (C=O) groups excluding carboxylic acids is 1. The standard InChI is InChI=1S/C22H22ClNO3/c1-13(2)20-19(25)18-10-16-11-24(9-8-15-4-6-17(23)7-5-15)12-26-21(16)14(3)22(18)27-20/h4-7,10H,8-9,11-12H2,1-3H3. The van der Waals surface area contributed by atoms with Crippen molar-refractivity contribution in [2.24, 2.45) is 0 Å². The first-order chi connectivity index (χ1) is 12.9. The molecule has 2 aromatic carbocycles. The monoisotopic (exact) mass is 383 g/mol. The predicted molar refractivity (Wildman–Crippen MR) is 106 cm³/mol. The van der Waals surface area contributed by atoms with Crippen molar-refractivity contribution in [1.29, 1.82) is 0 Å². The predicted octanol–water partition coefficient (Wildman–Crippen LogP) is 4.91. The van der Waals surface area contributed by atoms with Gasteiger partial charge in [0.05, 0.1) is 5.56 Å². The number of nitrogens with zero attached hydrogens (tertiary/aromatic N) is 1. The maximum atomic E-state index is 12.6. The first-order valence-corrected chi connectivity index (χ1v) is 9.48. The summed E-state index contributed by atoms with van der Waals surface area (Å²) in [5.41, 5.74) is 4.72. The molecule has 0 atom stereocenters. The van der Waals surface area contributed by atoms with Crippen LogP contribution in [0.5, 0.6) is 11.5 Å². The largest absolute Gasteiger partial charge is 0.477 e. The van der Waals surface area contributed by atoms with Gasteiger partial charge in [0.2, 0.25) is 5.78 Å². The van der Waals surface area contributed by atoms with E-state index in [9.17, 15) is 4.79 Å². The molecule has 0 bridgehead atoms. The van der Waals surface area contributed by atoms with E-state index < -0.39 is 0 Å². The van der Waals surface area contributed by atoms with Crippen LogP contribution in [0.3, 0.4) is 0 Å². The number of carbonyl (C=O) groups is 1. The Morgan fingerprint density at radius 1 is 1.19 bits per heavy atom. The molecule has 2 aromatic rings. The van der Waals surface area contributed by atoms with Gasteiger partial charge in [-0.05, 0) is 56.5 Å². The minimum Gasteiger partial charge on any atom is -0.477 e. The Morgan fingerprint density at radius 3 is 2.63 bits per heavy atom. The van der Waals surface area contributed by atoms with Crippen LogP contribution in [-0.2, 0) is 13.0 Å². The van der Waals surface area contributed by atoms with Gasteiger partial charge in [-0.3, -0.25) is 9.69 Å². The van der Waals surface area contributed by atoms with E-state index in [2.05, 4.69) is 17.0 Å². The lowest BCUT2D eigenvalue weighted by Gasteiger charge is -2.30. The van der Waals surface area contributed by atoms with Gasteiger partial charge in [-0.15, -0.1) is 0 Å². The van der Waals surface area contributed by atoms with Crippen LogP contribution >= 0.6 is 11.6 Å². The molecule has 2 aliphatic heterocycles. The molecule has 4 rings (SSSR count). The van der Waals surface area contributed by atoms with Gasteiger partial charge in [-0.2, -0.15) is 0 Å². The molecule has 0 aliphatic carbocycles. The van der Waals surface area contributed by atoms with Crippen LogP contribution < -0.4 is 9.47 Å². The highest BCUT2D eigenvalue weighted by Gasteiger charge is 2.34. The first-order valence-electron chi connectivity index (χ1n) is 9.10. The van der Waals surface area contributed by atoms with Crippen molar-refractivity contribution in [3.05, 3.63) is 68.9 Å². The number of allylic oxidation sites excluding steroid dienone is 2. The number of ketones is 1. The number of fused-ring (bicyclic) bond motifs is 2. The highest BCUT2D eigenvalue weighted by Crippen LogP contribution is 2.43. The van der Waals surface area contributed by atoms with Crippen LogP contribution in [0.1, 0.15) is 40.9 Å². The van der Waals surface area contributed by atoms with Gasteiger partial charge in [0.15, 0.2) is 5.76 Å². The maximum Gasteiger partial charge on any atom is 0.231 e. The summed E-state index contributed by atoms with van der Waals surface area (Å²) in [6, 6.07) is 9.87. The van der Waals surface area contributed by atoms with Crippen molar-refractivity contribution in [3.63, 3.8) is 0 Å². The molecule has 0 saturated carbocycles. The Kier molecular flexibility index (Phi) is 4.70. The summed E-state index contributed by atoms with van der Waals surface area (Å²) in [6.07, 6.45) is 0.920. The third-order valence-electron chi connectivity index (χ3n) is 5.06. The number of halogens is 1. The molecule has 4 nitrogen and oxygen atoms in total. The number of hydrogen-bond donors (Lipinski definition) is 0. The normalized spacial score (nSPS) is 15.9. The molecule has 0 amide bonds. The average Bonchev–Trinajstić information content (AvgIpc) is 2.98. The van der Waals surface area contributed by atoms with E-state index in [4.69, 9.17) is 21.1 Å². The van der Waals surface area contributed by atoms with E-state index in [-0.39, 0.29) is 5.78 Å². The number of benzene rings is 2. The second kappa shape index (κ2) is 7.02. The summed E-state index contributed by atoms with van der Waals surface area (Å²) in [7, 11) is 0. The number of ether oxygens (including phenoxy) is 2. The van der Waals surface area contributed by atoms with Crippen LogP contribution in [0.2, 0.25) is 5.02 Å². The number of hydrogen-bond acceptors (Lipinski definition) is 4. The summed E-state index contributed by atoms with van der Waals surface area (Å²) in [6.45, 7) is 7.91. The molecule has 0 unspecified atom stereocenters. The summed E-state index contributed by atoms with van der Waals surface area (Å²) >= 11 is 5.95. The molecule has 5 heteroatoms. The van der Waals surface area contributed by atoms with Crippen molar-refractivity contribution in [2.75, 3.05) is 13.3 Å². The Balaban J connectivity index is 1.54. The molecule has 0 spiro atoms. The Morgan fingerprint density at radius 2 is 1.93 bits per heavy atom. The number of Topliss-reactive ketones (excluding diaryl/α,β-unsaturated/α-hetero) is 1. The summed E-state index contributed by atoms with van der Waals surface area (Å²) in [4.78, 5) is 14.9. The van der Waals surface area contributed by atoms with Crippen molar-refractivity contribution < 1.29 is 14.3 Å². The average molecular weight is 384 g/mol. The molecular weight excluding hydrogens is 362 g/mol. The maximum absolute atomic E-state index is 12.6. The molecule has 0 fully saturated rings. The fourth-order valence-electron chi connectivity index (χ4n) is 3.59. The second-order valence-electron chi connectivity index (χ2n) is 7.33. The molecule has 2 heterocycles. The van der Waals surface area contributed by atoms with Gasteiger partial charge >= 0.3 is 0 Å². The van der Waals surface area contributed by atoms with Crippen molar-refractivity contribution in [3.8, 4) is 11.5 Å². The molecule has 0 aromatic heterocycles. The van der Waals surface area contributed by atoms with Crippen LogP contribution in [0.4, 0.5) is 0 Å². The van der Waals surface area contributed by atoms with Crippen LogP contribution in [0.25, 0.3) is 0 Å². The summed E-state index contributed by atoms with van der Waals surface area (Å²) in [5.74, 6) is 1.90. The first kappa shape index (κ1) is 18.1. The topological polar surface area (TPSA) is 38.8 Å². The van der Waals surface area contributed by atoms with Gasteiger partial charge in [0.25, 0.3) is 0 Å². The SMILES string of the molecule is CC(C)=C1Oc2c(cc3c(c2C)OCN(CCc2ccc(Cl)cc2)C3)C1=O. The lowest BCUT2D eigenvalue weighted by atomic mass is 9.99. The molecule has 0 radical (unpaired) electrons. The quantitative estimate of drug-likeness (QED) is 0.706. The van der Waals surface area contributed by atoms with Crippen LogP contribution in [0, 0.1) is 6.92 Å². The third kappa shape index (κ3) is 3.35. The summed E-state index contributed by atoms with van der Waals surface area (Å²) < 4.78 is 11.9. The fourth-order valence-corrected chi connectivity index (χ4v) is 3.72. The molecule has 0 saturated heterocycles. The van der Waals surface area contributed by atoms with E-state index in [1.807, 2.05) is 39.0 Å². The molecule has 140 valence electrons. The van der Waals surface area contributed by atoms with Crippen molar-refractivity contribution in [2.45, 2.75) is 33.7 Å². The highest BCUT2D eigenvalue weighted by atomic mass is 35.5. The Hall–Kier alpha value is -2.30. The van der Waals surface area contributed by atoms with E-state index in [0.29, 0.717) is 23.8 Å². The van der Waals surface area contributed by atoms with Crippen molar-refractivity contribution >= 4 is 17.4 Å². The molecule has 2 aliphatic rings.